The summed E-state index contributed by atoms with van der Waals surface area (Å²) in [7, 11) is 0. The maximum Gasteiger partial charge on any atom is 0.256 e. The van der Waals surface area contributed by atoms with E-state index in [2.05, 4.69) is 10.3 Å². The van der Waals surface area contributed by atoms with Crippen LogP contribution in [0.15, 0.2) is 18.5 Å². The molecule has 0 radical (unpaired) electrons. The van der Waals surface area contributed by atoms with Crippen LogP contribution in [0.2, 0.25) is 0 Å². The Morgan fingerprint density at radius 2 is 2.26 bits per heavy atom. The number of rotatable bonds is 3. The van der Waals surface area contributed by atoms with Crippen LogP contribution in [0.5, 0.6) is 5.75 Å². The number of hydrogen-bond donors (Lipinski definition) is 1. The van der Waals surface area contributed by atoms with Crippen LogP contribution in [0.25, 0.3) is 0 Å². The van der Waals surface area contributed by atoms with E-state index in [1.54, 1.807) is 12.3 Å². The highest BCUT2D eigenvalue weighted by molar-refractivity contribution is 5.97. The van der Waals surface area contributed by atoms with Gasteiger partial charge >= 0.3 is 0 Å². The molecule has 2 heterocycles. The molecule has 2 amide bonds. The molecule has 1 N–H and O–H groups in total. The Balaban J connectivity index is 2.12. The number of nitrogens with zero attached hydrogens (tertiary/aromatic N) is 2. The van der Waals surface area contributed by atoms with Crippen molar-refractivity contribution in [3.8, 4) is 5.75 Å². The predicted molar refractivity (Wildman–Crippen MR) is 68.9 cm³/mol. The number of nitrogens with one attached hydrogen (secondary N) is 1. The van der Waals surface area contributed by atoms with Crippen LogP contribution < -0.4 is 10.1 Å². The average Bonchev–Trinajstić information content (AvgIpc) is 2.37. The average molecular weight is 263 g/mol. The fourth-order valence-electron chi connectivity index (χ4n) is 1.87. The molecule has 0 atom stereocenters. The van der Waals surface area contributed by atoms with Crippen molar-refractivity contribution in [2.24, 2.45) is 0 Å². The Kier molecular flexibility index (Phi) is 3.99. The number of ether oxygens (including phenoxy) is 1. The van der Waals surface area contributed by atoms with E-state index in [9.17, 15) is 9.59 Å². The molecule has 0 unspecified atom stereocenters. The first-order valence-electron chi connectivity index (χ1n) is 6.24. The molecule has 102 valence electrons. The largest absolute Gasteiger partial charge is 0.489 e. The molecule has 0 aromatic carbocycles. The minimum atomic E-state index is -0.198. The van der Waals surface area contributed by atoms with E-state index in [1.807, 2.05) is 13.8 Å². The summed E-state index contributed by atoms with van der Waals surface area (Å²) in [5.41, 5.74) is 0.438. The number of carbonyl (C=O) groups is 2. The Morgan fingerprint density at radius 1 is 1.47 bits per heavy atom. The third-order valence-corrected chi connectivity index (χ3v) is 2.66. The summed E-state index contributed by atoms with van der Waals surface area (Å²) in [5.74, 6) is 0.223. The van der Waals surface area contributed by atoms with Crippen molar-refractivity contribution < 1.29 is 14.3 Å². The summed E-state index contributed by atoms with van der Waals surface area (Å²) < 4.78 is 5.50. The fourth-order valence-corrected chi connectivity index (χ4v) is 1.87. The zero-order valence-electron chi connectivity index (χ0n) is 11.0. The lowest BCUT2D eigenvalue weighted by Crippen LogP contribution is -2.49. The maximum absolute atomic E-state index is 12.2. The number of piperazine rings is 1. The lowest BCUT2D eigenvalue weighted by molar-refractivity contribution is -0.123. The van der Waals surface area contributed by atoms with Crippen molar-refractivity contribution in [3.63, 3.8) is 0 Å². The first-order chi connectivity index (χ1) is 9.06. The van der Waals surface area contributed by atoms with Crippen LogP contribution in [0.3, 0.4) is 0 Å². The summed E-state index contributed by atoms with van der Waals surface area (Å²) in [6.07, 6.45) is 3.08. The van der Waals surface area contributed by atoms with E-state index in [4.69, 9.17) is 4.74 Å². The van der Waals surface area contributed by atoms with E-state index in [-0.39, 0.29) is 24.5 Å². The molecule has 0 saturated carbocycles. The van der Waals surface area contributed by atoms with Crippen molar-refractivity contribution in [1.29, 1.82) is 0 Å². The second-order valence-electron chi connectivity index (χ2n) is 4.65. The summed E-state index contributed by atoms with van der Waals surface area (Å²) in [5, 5.41) is 2.68. The second kappa shape index (κ2) is 5.69. The predicted octanol–water partition coefficient (Wildman–Crippen LogP) is 0.441. The van der Waals surface area contributed by atoms with Crippen LogP contribution >= 0.6 is 0 Å². The SMILES string of the molecule is CC(C)Oc1cncc(C(=O)N2CCNC(=O)C2)c1. The molecule has 1 aliphatic rings. The summed E-state index contributed by atoms with van der Waals surface area (Å²) in [4.78, 5) is 29.0. The lowest BCUT2D eigenvalue weighted by Gasteiger charge is -2.26. The van der Waals surface area contributed by atoms with E-state index in [1.165, 1.54) is 11.1 Å². The lowest BCUT2D eigenvalue weighted by atomic mass is 10.2. The van der Waals surface area contributed by atoms with Crippen LogP contribution in [-0.4, -0.2) is 47.4 Å². The van der Waals surface area contributed by atoms with E-state index >= 15 is 0 Å². The number of amides is 2. The number of hydrogen-bond acceptors (Lipinski definition) is 4. The van der Waals surface area contributed by atoms with Gasteiger partial charge in [-0.1, -0.05) is 0 Å². The minimum Gasteiger partial charge on any atom is -0.489 e. The quantitative estimate of drug-likeness (QED) is 0.859. The molecule has 1 aliphatic heterocycles. The highest BCUT2D eigenvalue weighted by Gasteiger charge is 2.22. The molecule has 1 fully saturated rings. The Labute approximate surface area is 111 Å². The monoisotopic (exact) mass is 263 g/mol. The van der Waals surface area contributed by atoms with Gasteiger partial charge in [-0.05, 0) is 19.9 Å². The minimum absolute atomic E-state index is 0.0212. The number of pyridine rings is 1. The van der Waals surface area contributed by atoms with Crippen molar-refractivity contribution in [1.82, 2.24) is 15.2 Å². The van der Waals surface area contributed by atoms with E-state index in [0.29, 0.717) is 24.4 Å². The normalized spacial score (nSPS) is 15.3. The number of carbonyl (C=O) groups excluding carboxylic acids is 2. The molecular weight excluding hydrogens is 246 g/mol. The van der Waals surface area contributed by atoms with Gasteiger partial charge in [0.2, 0.25) is 5.91 Å². The third-order valence-electron chi connectivity index (χ3n) is 2.66. The van der Waals surface area contributed by atoms with Crippen LogP contribution in [0.1, 0.15) is 24.2 Å². The molecule has 0 aliphatic carbocycles. The Hall–Kier alpha value is -2.11. The smallest absolute Gasteiger partial charge is 0.256 e. The third kappa shape index (κ3) is 3.43. The highest BCUT2D eigenvalue weighted by Crippen LogP contribution is 2.15. The zero-order valence-corrected chi connectivity index (χ0v) is 11.0. The molecule has 6 heteroatoms. The first kappa shape index (κ1) is 13.3. The van der Waals surface area contributed by atoms with Crippen molar-refractivity contribution in [2.75, 3.05) is 19.6 Å². The molecule has 0 bridgehead atoms. The van der Waals surface area contributed by atoms with E-state index in [0.717, 1.165) is 0 Å². The van der Waals surface area contributed by atoms with Gasteiger partial charge in [0.1, 0.15) is 5.75 Å². The van der Waals surface area contributed by atoms with Gasteiger partial charge in [-0.25, -0.2) is 0 Å². The van der Waals surface area contributed by atoms with Gasteiger partial charge in [-0.2, -0.15) is 0 Å². The Morgan fingerprint density at radius 3 is 2.95 bits per heavy atom. The van der Waals surface area contributed by atoms with Gasteiger partial charge in [0, 0.05) is 19.3 Å². The van der Waals surface area contributed by atoms with Crippen LogP contribution in [0.4, 0.5) is 0 Å². The second-order valence-corrected chi connectivity index (χ2v) is 4.65. The van der Waals surface area contributed by atoms with Gasteiger partial charge in [0.15, 0.2) is 0 Å². The van der Waals surface area contributed by atoms with Crippen LogP contribution in [0, 0.1) is 0 Å². The van der Waals surface area contributed by atoms with Gasteiger partial charge in [0.25, 0.3) is 5.91 Å². The topological polar surface area (TPSA) is 71.5 Å². The van der Waals surface area contributed by atoms with Crippen molar-refractivity contribution in [3.05, 3.63) is 24.0 Å². The summed E-state index contributed by atoms with van der Waals surface area (Å²) in [6, 6.07) is 1.65. The van der Waals surface area contributed by atoms with Gasteiger partial charge in [-0.3, -0.25) is 14.6 Å². The fraction of sp³-hybridized carbons (Fsp3) is 0.462. The standard InChI is InChI=1S/C13H17N3O3/c1-9(2)19-11-5-10(6-14-7-11)13(18)16-4-3-15-12(17)8-16/h5-7,9H,3-4,8H2,1-2H3,(H,15,17). The molecule has 1 saturated heterocycles. The van der Waals surface area contributed by atoms with Crippen LogP contribution in [-0.2, 0) is 4.79 Å². The first-order valence-corrected chi connectivity index (χ1v) is 6.24. The molecule has 6 nitrogen and oxygen atoms in total. The molecular formula is C13H17N3O3. The molecule has 2 rings (SSSR count). The van der Waals surface area contributed by atoms with Gasteiger partial charge in [0.05, 0.1) is 24.4 Å². The van der Waals surface area contributed by atoms with Gasteiger partial charge in [-0.15, -0.1) is 0 Å². The molecule has 0 spiro atoms. The zero-order chi connectivity index (χ0) is 13.8. The highest BCUT2D eigenvalue weighted by atomic mass is 16.5. The van der Waals surface area contributed by atoms with Crippen molar-refractivity contribution in [2.45, 2.75) is 20.0 Å². The summed E-state index contributed by atoms with van der Waals surface area (Å²) in [6.45, 7) is 4.90. The van der Waals surface area contributed by atoms with E-state index < -0.39 is 0 Å². The molecule has 19 heavy (non-hydrogen) atoms. The molecule has 1 aromatic rings. The number of aromatic nitrogens is 1. The molecule has 1 aromatic heterocycles. The summed E-state index contributed by atoms with van der Waals surface area (Å²) >= 11 is 0. The Bertz CT molecular complexity index is 488. The van der Waals surface area contributed by atoms with Crippen molar-refractivity contribution >= 4 is 11.8 Å². The van der Waals surface area contributed by atoms with Gasteiger partial charge < -0.3 is 15.0 Å². The maximum atomic E-state index is 12.2.